The molecule has 0 bridgehead atoms. The summed E-state index contributed by atoms with van der Waals surface area (Å²) in [6.07, 6.45) is 1.78. The van der Waals surface area contributed by atoms with E-state index in [9.17, 15) is 9.59 Å². The second-order valence-electron chi connectivity index (χ2n) is 6.23. The highest BCUT2D eigenvalue weighted by Crippen LogP contribution is 2.31. The van der Waals surface area contributed by atoms with Crippen molar-refractivity contribution in [3.8, 4) is 5.75 Å². The standard InChI is InChI=1S/C22H15NO3S2/c1-23-20(24)19(28-22(23)27)13-14-9-11-16(12-10-14)26-21(25)18-8-4-6-15-5-2-3-7-17(15)18/h2-13H,1H3. The largest absolute Gasteiger partial charge is 0.423 e. The molecule has 3 aromatic rings. The lowest BCUT2D eigenvalue weighted by atomic mass is 10.0. The lowest BCUT2D eigenvalue weighted by Crippen LogP contribution is -2.22. The Hall–Kier alpha value is -2.96. The molecule has 1 fully saturated rings. The number of hydrogen-bond acceptors (Lipinski definition) is 5. The molecule has 1 amide bonds. The first kappa shape index (κ1) is 18.4. The van der Waals surface area contributed by atoms with Crippen molar-refractivity contribution in [2.45, 2.75) is 0 Å². The molecular formula is C22H15NO3S2. The van der Waals surface area contributed by atoms with Crippen LogP contribution in [-0.4, -0.2) is 28.1 Å². The smallest absolute Gasteiger partial charge is 0.344 e. The first-order valence-electron chi connectivity index (χ1n) is 8.54. The first-order chi connectivity index (χ1) is 13.5. The van der Waals surface area contributed by atoms with Crippen molar-refractivity contribution in [1.82, 2.24) is 4.90 Å². The number of likely N-dealkylation sites (N-methyl/N-ethyl adjacent to an activating group) is 1. The molecule has 6 heteroatoms. The lowest BCUT2D eigenvalue weighted by Gasteiger charge is -2.07. The number of fused-ring (bicyclic) bond motifs is 1. The molecule has 4 rings (SSSR count). The van der Waals surface area contributed by atoms with Gasteiger partial charge < -0.3 is 4.74 Å². The van der Waals surface area contributed by atoms with Crippen LogP contribution in [0.15, 0.2) is 71.6 Å². The molecule has 0 aromatic heterocycles. The molecule has 0 N–H and O–H groups in total. The van der Waals surface area contributed by atoms with Gasteiger partial charge in [-0.3, -0.25) is 9.69 Å². The number of thiocarbonyl (C=S) groups is 1. The third-order valence-corrected chi connectivity index (χ3v) is 5.87. The van der Waals surface area contributed by atoms with E-state index in [0.717, 1.165) is 16.3 Å². The Kier molecular flexibility index (Phi) is 4.98. The fraction of sp³-hybridized carbons (Fsp3) is 0.0455. The number of hydrogen-bond donors (Lipinski definition) is 0. The van der Waals surface area contributed by atoms with E-state index in [1.165, 1.54) is 16.7 Å². The molecule has 1 heterocycles. The molecule has 138 valence electrons. The highest BCUT2D eigenvalue weighted by atomic mass is 32.2. The predicted molar refractivity (Wildman–Crippen MR) is 116 cm³/mol. The van der Waals surface area contributed by atoms with E-state index in [2.05, 4.69) is 0 Å². The molecule has 0 aliphatic carbocycles. The fourth-order valence-electron chi connectivity index (χ4n) is 2.89. The number of carbonyl (C=O) groups is 2. The van der Waals surface area contributed by atoms with Crippen molar-refractivity contribution in [3.63, 3.8) is 0 Å². The molecule has 0 radical (unpaired) electrons. The van der Waals surface area contributed by atoms with Crippen LogP contribution in [0.3, 0.4) is 0 Å². The second-order valence-corrected chi connectivity index (χ2v) is 7.90. The second kappa shape index (κ2) is 7.58. The molecule has 0 atom stereocenters. The average Bonchev–Trinajstić information content (AvgIpc) is 2.95. The molecule has 1 saturated heterocycles. The van der Waals surface area contributed by atoms with Crippen molar-refractivity contribution in [3.05, 3.63) is 82.8 Å². The van der Waals surface area contributed by atoms with Crippen LogP contribution >= 0.6 is 24.0 Å². The fourth-order valence-corrected chi connectivity index (χ4v) is 4.07. The van der Waals surface area contributed by atoms with Crippen LogP contribution in [0.2, 0.25) is 0 Å². The third-order valence-electron chi connectivity index (χ3n) is 4.38. The van der Waals surface area contributed by atoms with Crippen LogP contribution in [0, 0.1) is 0 Å². The van der Waals surface area contributed by atoms with E-state index in [-0.39, 0.29) is 5.91 Å². The lowest BCUT2D eigenvalue weighted by molar-refractivity contribution is -0.121. The molecule has 4 nitrogen and oxygen atoms in total. The van der Waals surface area contributed by atoms with Gasteiger partial charge in [0.15, 0.2) is 0 Å². The molecule has 0 spiro atoms. The van der Waals surface area contributed by atoms with Crippen LogP contribution < -0.4 is 4.74 Å². The van der Waals surface area contributed by atoms with Crippen molar-refractivity contribution in [2.75, 3.05) is 7.05 Å². The Morgan fingerprint density at radius 1 is 1.04 bits per heavy atom. The molecule has 0 unspecified atom stereocenters. The summed E-state index contributed by atoms with van der Waals surface area (Å²) >= 11 is 6.40. The number of nitrogens with zero attached hydrogens (tertiary/aromatic N) is 1. The van der Waals surface area contributed by atoms with Crippen molar-refractivity contribution in [1.29, 1.82) is 0 Å². The number of carbonyl (C=O) groups excluding carboxylic acids is 2. The van der Waals surface area contributed by atoms with Gasteiger partial charge in [-0.05, 0) is 40.6 Å². The molecule has 1 aliphatic heterocycles. The van der Waals surface area contributed by atoms with Crippen LogP contribution in [-0.2, 0) is 4.79 Å². The summed E-state index contributed by atoms with van der Waals surface area (Å²) in [4.78, 5) is 26.7. The van der Waals surface area contributed by atoms with Crippen LogP contribution in [0.4, 0.5) is 0 Å². The molecule has 28 heavy (non-hydrogen) atoms. The zero-order chi connectivity index (χ0) is 19.7. The Bertz CT molecular complexity index is 1130. The zero-order valence-corrected chi connectivity index (χ0v) is 16.5. The first-order valence-corrected chi connectivity index (χ1v) is 9.77. The molecular weight excluding hydrogens is 390 g/mol. The summed E-state index contributed by atoms with van der Waals surface area (Å²) in [5.41, 5.74) is 1.35. The quantitative estimate of drug-likeness (QED) is 0.269. The van der Waals surface area contributed by atoms with Gasteiger partial charge in [-0.1, -0.05) is 72.5 Å². The van der Waals surface area contributed by atoms with Gasteiger partial charge in [0.2, 0.25) is 0 Å². The number of ether oxygens (including phenoxy) is 1. The number of thioether (sulfide) groups is 1. The van der Waals surface area contributed by atoms with Gasteiger partial charge in [-0.25, -0.2) is 4.79 Å². The Morgan fingerprint density at radius 3 is 2.46 bits per heavy atom. The highest BCUT2D eigenvalue weighted by Gasteiger charge is 2.28. The minimum Gasteiger partial charge on any atom is -0.423 e. The van der Waals surface area contributed by atoms with Gasteiger partial charge in [0.05, 0.1) is 10.5 Å². The molecule has 1 aliphatic rings. The van der Waals surface area contributed by atoms with E-state index in [4.69, 9.17) is 17.0 Å². The highest BCUT2D eigenvalue weighted by molar-refractivity contribution is 8.26. The van der Waals surface area contributed by atoms with Gasteiger partial charge in [-0.2, -0.15) is 0 Å². The molecule has 0 saturated carbocycles. The average molecular weight is 406 g/mol. The minimum atomic E-state index is -0.406. The normalized spacial score (nSPS) is 15.5. The van der Waals surface area contributed by atoms with Gasteiger partial charge in [0.25, 0.3) is 5.91 Å². The maximum atomic E-state index is 12.6. The Balaban J connectivity index is 1.53. The maximum absolute atomic E-state index is 12.6. The van der Waals surface area contributed by atoms with Gasteiger partial charge >= 0.3 is 5.97 Å². The number of amides is 1. The summed E-state index contributed by atoms with van der Waals surface area (Å²) in [7, 11) is 1.66. The summed E-state index contributed by atoms with van der Waals surface area (Å²) in [6, 6.07) is 20.3. The van der Waals surface area contributed by atoms with Crippen molar-refractivity contribution in [2.24, 2.45) is 0 Å². The Labute approximate surface area is 171 Å². The molecule has 3 aromatic carbocycles. The zero-order valence-electron chi connectivity index (χ0n) is 14.9. The van der Waals surface area contributed by atoms with Gasteiger partial charge in [0, 0.05) is 7.05 Å². The van der Waals surface area contributed by atoms with E-state index < -0.39 is 5.97 Å². The van der Waals surface area contributed by atoms with Gasteiger partial charge in [0.1, 0.15) is 10.1 Å². The van der Waals surface area contributed by atoms with Crippen LogP contribution in [0.25, 0.3) is 16.8 Å². The minimum absolute atomic E-state index is 0.110. The van der Waals surface area contributed by atoms with Crippen molar-refractivity contribution >= 4 is 57.0 Å². The van der Waals surface area contributed by atoms with E-state index in [1.54, 1.807) is 43.5 Å². The van der Waals surface area contributed by atoms with Gasteiger partial charge in [-0.15, -0.1) is 0 Å². The van der Waals surface area contributed by atoms with Crippen molar-refractivity contribution < 1.29 is 14.3 Å². The Morgan fingerprint density at radius 2 is 1.75 bits per heavy atom. The summed E-state index contributed by atoms with van der Waals surface area (Å²) < 4.78 is 6.07. The van der Waals surface area contributed by atoms with E-state index in [0.29, 0.717) is 20.5 Å². The number of rotatable bonds is 3. The summed E-state index contributed by atoms with van der Waals surface area (Å²) in [6.45, 7) is 0. The topological polar surface area (TPSA) is 46.6 Å². The SMILES string of the molecule is CN1C(=O)C(=Cc2ccc(OC(=O)c3cccc4ccccc34)cc2)SC1=S. The number of benzene rings is 3. The summed E-state index contributed by atoms with van der Waals surface area (Å²) in [5, 5.41) is 1.84. The predicted octanol–water partition coefficient (Wildman–Crippen LogP) is 4.89. The number of esters is 1. The van der Waals surface area contributed by atoms with Crippen LogP contribution in [0.5, 0.6) is 5.75 Å². The van der Waals surface area contributed by atoms with E-state index >= 15 is 0 Å². The van der Waals surface area contributed by atoms with Crippen LogP contribution in [0.1, 0.15) is 15.9 Å². The van der Waals surface area contributed by atoms with E-state index in [1.807, 2.05) is 36.4 Å². The maximum Gasteiger partial charge on any atom is 0.344 e. The third kappa shape index (κ3) is 3.56. The monoisotopic (exact) mass is 405 g/mol. The summed E-state index contributed by atoms with van der Waals surface area (Å²) in [5.74, 6) is -0.0732.